The van der Waals surface area contributed by atoms with Crippen molar-refractivity contribution in [3.05, 3.63) is 24.3 Å². The molecule has 52 heavy (non-hydrogen) atoms. The second kappa shape index (κ2) is 14.3. The lowest BCUT2D eigenvalue weighted by Crippen LogP contribution is -2.61. The number of fused-ring (bicyclic) bond motifs is 6. The summed E-state index contributed by atoms with van der Waals surface area (Å²) in [6, 6.07) is 0. The molecule has 10 saturated heterocycles. The van der Waals surface area contributed by atoms with E-state index in [4.69, 9.17) is 48.4 Å². The zero-order chi connectivity index (χ0) is 35.9. The number of aliphatic hydroxyl groups is 1. The van der Waals surface area contributed by atoms with Gasteiger partial charge in [-0.2, -0.15) is 0 Å². The van der Waals surface area contributed by atoms with E-state index in [2.05, 4.69) is 20.1 Å². The van der Waals surface area contributed by atoms with Crippen molar-refractivity contribution >= 4 is 5.78 Å². The van der Waals surface area contributed by atoms with E-state index in [9.17, 15) is 9.90 Å². The third-order valence-corrected chi connectivity index (χ3v) is 14.0. The Labute approximate surface area is 307 Å². The number of carbonyl (C=O) groups excluding carboxylic acids is 1. The number of carbonyl (C=O) groups is 1. The predicted octanol–water partition coefficient (Wildman–Crippen LogP) is 3.44. The van der Waals surface area contributed by atoms with Crippen LogP contribution in [0.4, 0.5) is 0 Å². The van der Waals surface area contributed by atoms with Crippen LogP contribution in [0.15, 0.2) is 24.3 Å². The highest BCUT2D eigenvalue weighted by molar-refractivity contribution is 5.79. The Morgan fingerprint density at radius 1 is 0.808 bits per heavy atom. The fourth-order valence-electron chi connectivity index (χ4n) is 11.3. The summed E-state index contributed by atoms with van der Waals surface area (Å²) in [6.45, 7) is 11.3. The molecule has 10 heterocycles. The largest absolute Gasteiger partial charge is 0.392 e. The average Bonchev–Trinajstić information content (AvgIpc) is 3.79. The Morgan fingerprint density at radius 2 is 1.56 bits per heavy atom. The van der Waals surface area contributed by atoms with E-state index in [1.807, 2.05) is 0 Å². The van der Waals surface area contributed by atoms with Crippen LogP contribution in [0, 0.1) is 11.8 Å². The Hall–Kier alpha value is -1.29. The standard InChI is InChI=1S/C40H59NO11/c1-19-11-24-5-7-28-20(2)12-26(45-28)9-10-40-17-33-36(51-40)37-38(50-33)39(52-40)35-29(49-37)8-6-25(47-35)13-22(42)14-27-31(16-30(46-24)21(19)3)48-32(34(27)44-4)15-23(43)18-41/h19,23-39,43H,2-3,5-18,41H2,1,4H3/t19-,23?,24?,25?,26?,27?,28?,29+,30?,31?,32?,33-,34-,35?,36-,37?,38?,39?,40+/m1/s1. The van der Waals surface area contributed by atoms with Crippen LogP contribution in [-0.2, 0) is 47.4 Å². The summed E-state index contributed by atoms with van der Waals surface area (Å²) < 4.78 is 60.0. The first kappa shape index (κ1) is 36.4. The molecule has 0 aliphatic carbocycles. The highest BCUT2D eigenvalue weighted by Gasteiger charge is 2.68. The summed E-state index contributed by atoms with van der Waals surface area (Å²) in [5.41, 5.74) is 8.01. The molecule has 12 bridgehead atoms. The summed E-state index contributed by atoms with van der Waals surface area (Å²) in [6.07, 6.45) is 4.85. The predicted molar refractivity (Wildman–Crippen MR) is 186 cm³/mol. The van der Waals surface area contributed by atoms with Crippen LogP contribution in [0.25, 0.3) is 0 Å². The highest BCUT2D eigenvalue weighted by atomic mass is 16.8. The molecular formula is C40H59NO11. The fraction of sp³-hybridized carbons (Fsp3) is 0.875. The van der Waals surface area contributed by atoms with Gasteiger partial charge in [-0.05, 0) is 62.0 Å². The maximum Gasteiger partial charge on any atom is 0.172 e. The average molecular weight is 730 g/mol. The molecule has 10 aliphatic heterocycles. The summed E-state index contributed by atoms with van der Waals surface area (Å²) in [5.74, 6) is -0.619. The minimum atomic E-state index is -0.780. The normalized spacial score (nSPS) is 52.4. The maximum absolute atomic E-state index is 14.1. The Kier molecular flexibility index (Phi) is 10.0. The third-order valence-electron chi connectivity index (χ3n) is 14.0. The number of Topliss-reactive ketones (excluding diaryl/α,β-unsaturated/α-hetero) is 1. The third kappa shape index (κ3) is 6.59. The number of hydrogen-bond donors (Lipinski definition) is 2. The number of aliphatic hydroxyl groups excluding tert-OH is 1. The smallest absolute Gasteiger partial charge is 0.172 e. The topological polar surface area (TPSA) is 146 Å². The van der Waals surface area contributed by atoms with Crippen LogP contribution in [0.2, 0.25) is 0 Å². The van der Waals surface area contributed by atoms with E-state index in [-0.39, 0.29) is 122 Å². The van der Waals surface area contributed by atoms with E-state index >= 15 is 0 Å². The molecule has 10 fully saturated rings. The fourth-order valence-corrected chi connectivity index (χ4v) is 11.3. The van der Waals surface area contributed by atoms with Crippen LogP contribution in [0.1, 0.15) is 90.4 Å². The molecular weight excluding hydrogens is 670 g/mol. The number of rotatable bonds is 4. The minimum absolute atomic E-state index is 0.0158. The highest BCUT2D eigenvalue weighted by Crippen LogP contribution is 2.54. The first-order valence-corrected chi connectivity index (χ1v) is 20.2. The van der Waals surface area contributed by atoms with Gasteiger partial charge in [0.15, 0.2) is 5.79 Å². The van der Waals surface area contributed by atoms with Crippen molar-refractivity contribution in [2.45, 2.75) is 194 Å². The minimum Gasteiger partial charge on any atom is -0.392 e. The molecule has 12 nitrogen and oxygen atoms in total. The lowest BCUT2D eigenvalue weighted by atomic mass is 9.81. The maximum atomic E-state index is 14.1. The molecule has 290 valence electrons. The lowest BCUT2D eigenvalue weighted by Gasteiger charge is -2.47. The molecule has 0 aromatic carbocycles. The number of hydrogen-bond acceptors (Lipinski definition) is 12. The van der Waals surface area contributed by atoms with Crippen LogP contribution < -0.4 is 5.73 Å². The van der Waals surface area contributed by atoms with Gasteiger partial charge in [0.1, 0.15) is 36.3 Å². The summed E-state index contributed by atoms with van der Waals surface area (Å²) in [5, 5.41) is 10.5. The Bertz CT molecular complexity index is 1380. The van der Waals surface area contributed by atoms with Crippen LogP contribution in [0.5, 0.6) is 0 Å². The van der Waals surface area contributed by atoms with Crippen molar-refractivity contribution in [3.8, 4) is 0 Å². The second-order valence-electron chi connectivity index (χ2n) is 17.4. The number of ether oxygens (including phenoxy) is 9. The molecule has 12 heteroatoms. The molecule has 3 N–H and O–H groups in total. The van der Waals surface area contributed by atoms with Gasteiger partial charge in [-0.15, -0.1) is 0 Å². The van der Waals surface area contributed by atoms with E-state index in [0.29, 0.717) is 25.7 Å². The quantitative estimate of drug-likeness (QED) is 0.409. The van der Waals surface area contributed by atoms with Gasteiger partial charge in [-0.1, -0.05) is 20.1 Å². The first-order chi connectivity index (χ1) is 25.1. The van der Waals surface area contributed by atoms with Gasteiger partial charge in [-0.3, -0.25) is 4.79 Å². The van der Waals surface area contributed by atoms with Gasteiger partial charge in [0.25, 0.3) is 0 Å². The molecule has 0 aromatic rings. The summed E-state index contributed by atoms with van der Waals surface area (Å²) >= 11 is 0. The monoisotopic (exact) mass is 729 g/mol. The molecule has 0 saturated carbocycles. The zero-order valence-electron chi connectivity index (χ0n) is 30.8. The van der Waals surface area contributed by atoms with Gasteiger partial charge in [-0.25, -0.2) is 0 Å². The molecule has 0 amide bonds. The summed E-state index contributed by atoms with van der Waals surface area (Å²) in [7, 11) is 1.66. The number of methoxy groups -OCH3 is 1. The van der Waals surface area contributed by atoms with Crippen LogP contribution in [0.3, 0.4) is 0 Å². The lowest BCUT2D eigenvalue weighted by molar-refractivity contribution is -0.292. The van der Waals surface area contributed by atoms with Gasteiger partial charge in [0.05, 0.1) is 67.1 Å². The SMILES string of the molecule is C=C1CC2CC[C@@]34C[C@H]5OC6C(O3)C3OC(CC[C@@H]3OC6[C@@H]5O4)CC(=O)CC3C(CC4OC(CCC1O2)C[C@@H](C)C4=C)OC(CC(O)CN)[C@@H]3OC. The number of ketones is 1. The van der Waals surface area contributed by atoms with E-state index in [1.165, 1.54) is 0 Å². The molecule has 10 rings (SSSR count). The molecule has 10 aliphatic rings. The van der Waals surface area contributed by atoms with Gasteiger partial charge in [0, 0.05) is 58.1 Å². The van der Waals surface area contributed by atoms with E-state index in [1.54, 1.807) is 7.11 Å². The Morgan fingerprint density at radius 3 is 2.38 bits per heavy atom. The zero-order valence-corrected chi connectivity index (χ0v) is 30.8. The molecule has 19 atom stereocenters. The van der Waals surface area contributed by atoms with E-state index in [0.717, 1.165) is 56.1 Å². The van der Waals surface area contributed by atoms with Crippen LogP contribution >= 0.6 is 0 Å². The summed E-state index contributed by atoms with van der Waals surface area (Å²) in [4.78, 5) is 14.1. The van der Waals surface area contributed by atoms with Crippen molar-refractivity contribution in [3.63, 3.8) is 0 Å². The van der Waals surface area contributed by atoms with Crippen molar-refractivity contribution in [1.29, 1.82) is 0 Å². The van der Waals surface area contributed by atoms with Gasteiger partial charge in [0.2, 0.25) is 0 Å². The van der Waals surface area contributed by atoms with Gasteiger partial charge < -0.3 is 53.5 Å². The molecule has 13 unspecified atom stereocenters. The van der Waals surface area contributed by atoms with Gasteiger partial charge >= 0.3 is 0 Å². The molecule has 1 spiro atoms. The van der Waals surface area contributed by atoms with Crippen molar-refractivity contribution in [2.24, 2.45) is 17.6 Å². The van der Waals surface area contributed by atoms with Crippen molar-refractivity contribution in [1.82, 2.24) is 0 Å². The Balaban J connectivity index is 0.994. The molecule has 0 radical (unpaired) electrons. The van der Waals surface area contributed by atoms with Crippen LogP contribution in [-0.4, -0.2) is 128 Å². The second-order valence-corrected chi connectivity index (χ2v) is 17.4. The number of nitrogens with two attached hydrogens (primary N) is 1. The first-order valence-electron chi connectivity index (χ1n) is 20.2. The van der Waals surface area contributed by atoms with Crippen molar-refractivity contribution in [2.75, 3.05) is 13.7 Å². The molecule has 0 aromatic heterocycles. The van der Waals surface area contributed by atoms with Crippen molar-refractivity contribution < 1.29 is 52.5 Å². The van der Waals surface area contributed by atoms with E-state index < -0.39 is 18.0 Å².